The molecule has 1 amide bonds. The smallest absolute Gasteiger partial charge is 0.253 e. The molecule has 0 saturated heterocycles. The van der Waals surface area contributed by atoms with E-state index in [-0.39, 0.29) is 11.9 Å². The normalized spacial score (nSPS) is 10.9. The van der Waals surface area contributed by atoms with E-state index >= 15 is 0 Å². The van der Waals surface area contributed by atoms with E-state index < -0.39 is 0 Å². The highest BCUT2D eigenvalue weighted by atomic mass is 16.5. The predicted molar refractivity (Wildman–Crippen MR) is 94.0 cm³/mol. The Morgan fingerprint density at radius 3 is 2.75 bits per heavy atom. The number of amides is 1. The molecular formula is C18H26N4O2. The van der Waals surface area contributed by atoms with E-state index in [0.29, 0.717) is 12.1 Å². The Morgan fingerprint density at radius 2 is 2.12 bits per heavy atom. The molecule has 0 atom stereocenters. The van der Waals surface area contributed by atoms with Crippen LogP contribution in [0.3, 0.4) is 0 Å². The number of anilines is 1. The van der Waals surface area contributed by atoms with Gasteiger partial charge in [-0.05, 0) is 45.7 Å². The Kier molecular flexibility index (Phi) is 6.35. The number of unbranched alkanes of at least 4 members (excludes halogenated alkanes) is 1. The molecule has 24 heavy (non-hydrogen) atoms. The lowest BCUT2D eigenvalue weighted by Gasteiger charge is -2.09. The first-order valence-corrected chi connectivity index (χ1v) is 8.46. The summed E-state index contributed by atoms with van der Waals surface area (Å²) in [4.78, 5) is 16.2. The minimum Gasteiger partial charge on any atom is -0.366 e. The third-order valence-corrected chi connectivity index (χ3v) is 3.72. The minimum absolute atomic E-state index is 0.105. The predicted octanol–water partition coefficient (Wildman–Crippen LogP) is 3.47. The fraction of sp³-hybridized carbons (Fsp3) is 0.500. The molecule has 0 unspecified atom stereocenters. The second-order valence-corrected chi connectivity index (χ2v) is 6.18. The van der Waals surface area contributed by atoms with Crippen molar-refractivity contribution < 1.29 is 9.32 Å². The zero-order chi connectivity index (χ0) is 17.5. The van der Waals surface area contributed by atoms with E-state index in [0.717, 1.165) is 42.1 Å². The molecule has 0 aliphatic carbocycles. The SMILES string of the molecule is CCCCc1noc(C)c1CNc1ccc(C(=O)NC(C)C)cn1. The Bertz CT molecular complexity index is 662. The van der Waals surface area contributed by atoms with Crippen LogP contribution in [0.4, 0.5) is 5.82 Å². The van der Waals surface area contributed by atoms with Gasteiger partial charge in [0.25, 0.3) is 5.91 Å². The van der Waals surface area contributed by atoms with Gasteiger partial charge >= 0.3 is 0 Å². The number of nitrogens with zero attached hydrogens (tertiary/aromatic N) is 2. The molecule has 0 spiro atoms. The van der Waals surface area contributed by atoms with Crippen LogP contribution in [0.25, 0.3) is 0 Å². The van der Waals surface area contributed by atoms with Gasteiger partial charge in [0.05, 0.1) is 11.3 Å². The topological polar surface area (TPSA) is 80.0 Å². The molecule has 130 valence electrons. The first kappa shape index (κ1) is 18.0. The zero-order valence-corrected chi connectivity index (χ0v) is 14.8. The summed E-state index contributed by atoms with van der Waals surface area (Å²) in [5, 5.41) is 10.3. The van der Waals surface area contributed by atoms with Gasteiger partial charge in [0, 0.05) is 24.3 Å². The lowest BCUT2D eigenvalue weighted by Crippen LogP contribution is -2.30. The Hall–Kier alpha value is -2.37. The largest absolute Gasteiger partial charge is 0.366 e. The van der Waals surface area contributed by atoms with Crippen LogP contribution in [0.2, 0.25) is 0 Å². The van der Waals surface area contributed by atoms with E-state index in [4.69, 9.17) is 4.52 Å². The lowest BCUT2D eigenvalue weighted by atomic mass is 10.1. The van der Waals surface area contributed by atoms with Crippen LogP contribution in [0, 0.1) is 6.92 Å². The van der Waals surface area contributed by atoms with Crippen LogP contribution in [-0.2, 0) is 13.0 Å². The summed E-state index contributed by atoms with van der Waals surface area (Å²) in [5.41, 5.74) is 2.65. The molecule has 2 aromatic rings. The molecule has 6 heteroatoms. The number of rotatable bonds is 8. The summed E-state index contributed by atoms with van der Waals surface area (Å²) < 4.78 is 5.31. The molecule has 2 aromatic heterocycles. The fourth-order valence-electron chi connectivity index (χ4n) is 2.36. The Morgan fingerprint density at radius 1 is 1.33 bits per heavy atom. The van der Waals surface area contributed by atoms with Crippen molar-refractivity contribution >= 4 is 11.7 Å². The van der Waals surface area contributed by atoms with Crippen molar-refractivity contribution in [2.75, 3.05) is 5.32 Å². The summed E-state index contributed by atoms with van der Waals surface area (Å²) in [5.74, 6) is 1.44. The minimum atomic E-state index is -0.110. The van der Waals surface area contributed by atoms with Crippen LogP contribution in [-0.4, -0.2) is 22.1 Å². The van der Waals surface area contributed by atoms with Crippen LogP contribution in [0.15, 0.2) is 22.9 Å². The first-order chi connectivity index (χ1) is 11.5. The number of carbonyl (C=O) groups excluding carboxylic acids is 1. The van der Waals surface area contributed by atoms with Crippen LogP contribution in [0.1, 0.15) is 61.0 Å². The molecule has 2 N–H and O–H groups in total. The van der Waals surface area contributed by atoms with Gasteiger partial charge in [-0.1, -0.05) is 18.5 Å². The molecule has 0 radical (unpaired) electrons. The number of hydrogen-bond donors (Lipinski definition) is 2. The summed E-state index contributed by atoms with van der Waals surface area (Å²) in [6, 6.07) is 3.68. The van der Waals surface area contributed by atoms with Crippen LogP contribution < -0.4 is 10.6 Å². The summed E-state index contributed by atoms with van der Waals surface area (Å²) in [6.45, 7) is 8.55. The average molecular weight is 330 g/mol. The number of pyridine rings is 1. The second-order valence-electron chi connectivity index (χ2n) is 6.18. The third kappa shape index (κ3) is 4.81. The van der Waals surface area contributed by atoms with Crippen molar-refractivity contribution in [2.24, 2.45) is 0 Å². The van der Waals surface area contributed by atoms with E-state index in [1.54, 1.807) is 12.3 Å². The molecule has 2 heterocycles. The third-order valence-electron chi connectivity index (χ3n) is 3.72. The van der Waals surface area contributed by atoms with Gasteiger partial charge in [-0.25, -0.2) is 4.98 Å². The highest BCUT2D eigenvalue weighted by Gasteiger charge is 2.12. The highest BCUT2D eigenvalue weighted by Crippen LogP contribution is 2.17. The van der Waals surface area contributed by atoms with E-state index in [9.17, 15) is 4.79 Å². The number of carbonyl (C=O) groups is 1. The van der Waals surface area contributed by atoms with E-state index in [1.165, 1.54) is 0 Å². The quantitative estimate of drug-likeness (QED) is 0.774. The van der Waals surface area contributed by atoms with E-state index in [2.05, 4.69) is 27.7 Å². The van der Waals surface area contributed by atoms with Gasteiger partial charge in [0.2, 0.25) is 0 Å². The number of aromatic nitrogens is 2. The first-order valence-electron chi connectivity index (χ1n) is 8.46. The standard InChI is InChI=1S/C18H26N4O2/c1-5-6-7-16-15(13(4)24-22-16)11-20-17-9-8-14(10-19-17)18(23)21-12(2)3/h8-10,12H,5-7,11H2,1-4H3,(H,19,20)(H,21,23). The van der Waals surface area contributed by atoms with Gasteiger partial charge in [0.1, 0.15) is 11.6 Å². The molecular weight excluding hydrogens is 304 g/mol. The monoisotopic (exact) mass is 330 g/mol. The maximum absolute atomic E-state index is 11.9. The van der Waals surface area contributed by atoms with Crippen molar-refractivity contribution in [2.45, 2.75) is 59.5 Å². The van der Waals surface area contributed by atoms with Crippen molar-refractivity contribution in [3.05, 3.63) is 40.9 Å². The molecule has 0 saturated carbocycles. The molecule has 2 rings (SSSR count). The number of hydrogen-bond acceptors (Lipinski definition) is 5. The van der Waals surface area contributed by atoms with Gasteiger partial charge in [-0.2, -0.15) is 0 Å². The average Bonchev–Trinajstić information content (AvgIpc) is 2.90. The summed E-state index contributed by atoms with van der Waals surface area (Å²) in [7, 11) is 0. The lowest BCUT2D eigenvalue weighted by molar-refractivity contribution is 0.0943. The summed E-state index contributed by atoms with van der Waals surface area (Å²) >= 11 is 0. The molecule has 0 aliphatic rings. The molecule has 0 fully saturated rings. The summed E-state index contributed by atoms with van der Waals surface area (Å²) in [6.07, 6.45) is 4.72. The molecule has 0 bridgehead atoms. The maximum atomic E-state index is 11.9. The van der Waals surface area contributed by atoms with E-state index in [1.807, 2.05) is 26.8 Å². The molecule has 0 aromatic carbocycles. The highest BCUT2D eigenvalue weighted by molar-refractivity contribution is 5.94. The van der Waals surface area contributed by atoms with Crippen molar-refractivity contribution in [1.29, 1.82) is 0 Å². The zero-order valence-electron chi connectivity index (χ0n) is 14.8. The number of aryl methyl sites for hydroxylation is 2. The number of nitrogens with one attached hydrogen (secondary N) is 2. The van der Waals surface area contributed by atoms with Gasteiger partial charge in [-0.15, -0.1) is 0 Å². The Labute approximate surface area is 143 Å². The fourth-order valence-corrected chi connectivity index (χ4v) is 2.36. The second kappa shape index (κ2) is 8.47. The van der Waals surface area contributed by atoms with Crippen LogP contribution >= 0.6 is 0 Å². The Balaban J connectivity index is 1.98. The van der Waals surface area contributed by atoms with Crippen molar-refractivity contribution in [3.63, 3.8) is 0 Å². The van der Waals surface area contributed by atoms with Crippen molar-refractivity contribution in [3.8, 4) is 0 Å². The maximum Gasteiger partial charge on any atom is 0.253 e. The van der Waals surface area contributed by atoms with Gasteiger partial charge in [0.15, 0.2) is 0 Å². The van der Waals surface area contributed by atoms with Gasteiger partial charge < -0.3 is 15.2 Å². The van der Waals surface area contributed by atoms with Crippen molar-refractivity contribution in [1.82, 2.24) is 15.5 Å². The molecule has 6 nitrogen and oxygen atoms in total. The van der Waals surface area contributed by atoms with Gasteiger partial charge in [-0.3, -0.25) is 4.79 Å². The van der Waals surface area contributed by atoms with Crippen LogP contribution in [0.5, 0.6) is 0 Å². The molecule has 0 aliphatic heterocycles.